The molecule has 2 aliphatic rings. The van der Waals surface area contributed by atoms with Crippen LogP contribution in [0, 0.1) is 11.7 Å². The van der Waals surface area contributed by atoms with E-state index in [2.05, 4.69) is 9.98 Å². The Hall–Kier alpha value is -2.80. The number of halogens is 4. The normalized spacial score (nSPS) is 19.5. The van der Waals surface area contributed by atoms with Crippen molar-refractivity contribution >= 4 is 31.5 Å². The number of nitrogens with zero attached hydrogens (tertiary/aromatic N) is 3. The van der Waals surface area contributed by atoms with E-state index in [1.165, 1.54) is 23.6 Å². The summed E-state index contributed by atoms with van der Waals surface area (Å²) in [6.45, 7) is 0.894. The van der Waals surface area contributed by atoms with Crippen LogP contribution in [0.15, 0.2) is 57.5 Å². The molecule has 188 valence electrons. The maximum Gasteiger partial charge on any atom is 0.417 e. The highest BCUT2D eigenvalue weighted by Gasteiger charge is 2.32. The number of anilines is 1. The summed E-state index contributed by atoms with van der Waals surface area (Å²) in [6.07, 6.45) is -1.47. The molecule has 1 aromatic carbocycles. The molecule has 13 heteroatoms. The van der Waals surface area contributed by atoms with Crippen molar-refractivity contribution in [2.75, 3.05) is 30.9 Å². The molecule has 1 fully saturated rings. The molecule has 1 atom stereocenters. The van der Waals surface area contributed by atoms with E-state index in [-0.39, 0.29) is 23.2 Å². The summed E-state index contributed by atoms with van der Waals surface area (Å²) in [5.74, 6) is -0.616. The highest BCUT2D eigenvalue weighted by Crippen LogP contribution is 2.31. The fourth-order valence-corrected chi connectivity index (χ4v) is 5.69. The van der Waals surface area contributed by atoms with Gasteiger partial charge in [0.2, 0.25) is 0 Å². The molecule has 1 aromatic heterocycles. The van der Waals surface area contributed by atoms with Crippen LogP contribution in [-0.4, -0.2) is 48.6 Å². The first-order valence-electron chi connectivity index (χ1n) is 10.5. The van der Waals surface area contributed by atoms with Gasteiger partial charge in [-0.2, -0.15) is 13.2 Å². The predicted molar refractivity (Wildman–Crippen MR) is 123 cm³/mol. The molecule has 2 aliphatic heterocycles. The van der Waals surface area contributed by atoms with Crippen LogP contribution in [0.2, 0.25) is 0 Å². The molecule has 7 nitrogen and oxygen atoms in total. The molecule has 1 unspecified atom stereocenters. The van der Waals surface area contributed by atoms with Gasteiger partial charge in [-0.1, -0.05) is 0 Å². The lowest BCUT2D eigenvalue weighted by molar-refractivity contribution is -0.137. The number of rotatable bonds is 6. The second kappa shape index (κ2) is 9.69. The van der Waals surface area contributed by atoms with E-state index in [1.807, 2.05) is 4.90 Å². The van der Waals surface area contributed by atoms with Crippen LogP contribution in [0.5, 0.6) is 5.75 Å². The maximum absolute atomic E-state index is 14.2. The Kier molecular flexibility index (Phi) is 7.00. The number of ether oxygens (including phenoxy) is 1. The van der Waals surface area contributed by atoms with E-state index < -0.39 is 38.2 Å². The lowest BCUT2D eigenvalue weighted by Crippen LogP contribution is -2.37. The first kappa shape index (κ1) is 25.3. The fraction of sp³-hybridized carbons (Fsp3) is 0.364. The minimum atomic E-state index is -4.44. The Morgan fingerprint density at radius 2 is 1.89 bits per heavy atom. The maximum atomic E-state index is 14.2. The second-order valence-electron chi connectivity index (χ2n) is 8.17. The largest absolute Gasteiger partial charge is 0.484 e. The number of aromatic nitrogens is 1. The van der Waals surface area contributed by atoms with E-state index in [0.29, 0.717) is 42.5 Å². The number of aliphatic imine (C=N–C) groups is 1. The van der Waals surface area contributed by atoms with Crippen molar-refractivity contribution < 1.29 is 34.9 Å². The Balaban J connectivity index is 1.34. The molecule has 0 spiro atoms. The second-order valence-corrected chi connectivity index (χ2v) is 11.4. The zero-order valence-corrected chi connectivity index (χ0v) is 20.1. The van der Waals surface area contributed by atoms with Gasteiger partial charge in [0.1, 0.15) is 17.5 Å². The van der Waals surface area contributed by atoms with Crippen LogP contribution < -0.4 is 9.64 Å². The van der Waals surface area contributed by atoms with Gasteiger partial charge in [0.05, 0.1) is 27.0 Å². The van der Waals surface area contributed by atoms with Crippen molar-refractivity contribution in [2.24, 2.45) is 10.9 Å². The molecule has 1 saturated heterocycles. The fourth-order valence-electron chi connectivity index (χ4n) is 3.80. The summed E-state index contributed by atoms with van der Waals surface area (Å²) in [5, 5.41) is 1.92. The minimum Gasteiger partial charge on any atom is -0.484 e. The molecule has 0 saturated carbocycles. The number of piperidine rings is 1. The van der Waals surface area contributed by atoms with Crippen molar-refractivity contribution in [3.8, 4) is 5.75 Å². The Bertz CT molecular complexity index is 1300. The van der Waals surface area contributed by atoms with Gasteiger partial charge in [-0.15, -0.1) is 0 Å². The summed E-state index contributed by atoms with van der Waals surface area (Å²) in [6, 6.07) is 5.67. The summed E-state index contributed by atoms with van der Waals surface area (Å²) < 4.78 is 93.4. The zero-order chi connectivity index (χ0) is 25.4. The van der Waals surface area contributed by atoms with Crippen LogP contribution in [0.4, 0.5) is 23.4 Å². The highest BCUT2D eigenvalue weighted by molar-refractivity contribution is 8.03. The Morgan fingerprint density at radius 3 is 2.46 bits per heavy atom. The minimum absolute atomic E-state index is 0.0823. The van der Waals surface area contributed by atoms with E-state index >= 15 is 0 Å². The van der Waals surface area contributed by atoms with E-state index in [0.717, 1.165) is 24.6 Å². The summed E-state index contributed by atoms with van der Waals surface area (Å²) >= 11 is 0. The molecule has 0 N–H and O–H groups in total. The van der Waals surface area contributed by atoms with Gasteiger partial charge in [0.25, 0.3) is 0 Å². The van der Waals surface area contributed by atoms with E-state index in [9.17, 15) is 30.2 Å². The molecular formula is C22H21F4N3O4S2. The molecule has 0 amide bonds. The van der Waals surface area contributed by atoms with Gasteiger partial charge in [-0.3, -0.25) is 0 Å². The molecule has 0 aliphatic carbocycles. The van der Waals surface area contributed by atoms with Crippen molar-refractivity contribution in [3.63, 3.8) is 0 Å². The molecule has 0 bridgehead atoms. The van der Waals surface area contributed by atoms with Crippen molar-refractivity contribution in [1.29, 1.82) is 0 Å². The van der Waals surface area contributed by atoms with E-state index in [1.54, 1.807) is 0 Å². The number of hydrogen-bond acceptors (Lipinski definition) is 7. The Morgan fingerprint density at radius 1 is 1.17 bits per heavy atom. The Labute approximate surface area is 201 Å². The first-order chi connectivity index (χ1) is 16.4. The van der Waals surface area contributed by atoms with E-state index in [4.69, 9.17) is 4.74 Å². The zero-order valence-electron chi connectivity index (χ0n) is 18.5. The number of hydrogen-bond donors (Lipinski definition) is 0. The van der Waals surface area contributed by atoms with Gasteiger partial charge in [0.15, 0.2) is 21.4 Å². The smallest absolute Gasteiger partial charge is 0.417 e. The molecule has 2 aromatic rings. The van der Waals surface area contributed by atoms with Gasteiger partial charge in [-0.05, 0) is 43.2 Å². The summed E-state index contributed by atoms with van der Waals surface area (Å²) in [4.78, 5) is 10.0. The van der Waals surface area contributed by atoms with Crippen LogP contribution in [0.1, 0.15) is 18.4 Å². The summed E-state index contributed by atoms with van der Waals surface area (Å²) in [7, 11) is -5.01. The number of alkyl halides is 3. The average molecular weight is 532 g/mol. The van der Waals surface area contributed by atoms with Crippen molar-refractivity contribution in [2.45, 2.75) is 23.9 Å². The van der Waals surface area contributed by atoms with Crippen LogP contribution in [0.25, 0.3) is 0 Å². The summed E-state index contributed by atoms with van der Waals surface area (Å²) in [5.41, 5.74) is -0.435. The quantitative estimate of drug-likeness (QED) is 0.525. The number of sulfone groups is 1. The van der Waals surface area contributed by atoms with Crippen molar-refractivity contribution in [1.82, 2.24) is 4.98 Å². The van der Waals surface area contributed by atoms with Gasteiger partial charge in [0, 0.05) is 36.9 Å². The van der Waals surface area contributed by atoms with Gasteiger partial charge < -0.3 is 9.64 Å². The first-order valence-corrected chi connectivity index (χ1v) is 13.6. The van der Waals surface area contributed by atoms with Crippen LogP contribution in [-0.2, 0) is 26.8 Å². The predicted octanol–water partition coefficient (Wildman–Crippen LogP) is 3.94. The standard InChI is InChI=1S/C22H21F4N3O4S2/c1-35(31,32)17-3-4-19(18(23)10-17)33-12-16-13-34(30)21(28-16)14-6-8-29(9-7-14)20-5-2-15(11-27-20)22(24,25)26/h2-5,10-11,13-14H,6-9,12H2,1H3. The van der Waals surface area contributed by atoms with Crippen molar-refractivity contribution in [3.05, 3.63) is 59.0 Å². The topological polar surface area (TPSA) is 88.9 Å². The monoisotopic (exact) mass is 531 g/mol. The highest BCUT2D eigenvalue weighted by atomic mass is 32.2. The molecule has 35 heavy (non-hydrogen) atoms. The third-order valence-corrected chi connectivity index (χ3v) is 8.09. The number of pyridine rings is 1. The molecular weight excluding hydrogens is 510 g/mol. The molecule has 4 rings (SSSR count). The lowest BCUT2D eigenvalue weighted by atomic mass is 9.98. The SMILES string of the molecule is CS(=O)(=O)c1ccc(OCC2=CS(=O)C(C3CCN(c4ccc(C(F)(F)F)cn4)CC3)=N2)c(F)c1. The lowest BCUT2D eigenvalue weighted by Gasteiger charge is -2.32. The number of benzene rings is 1. The van der Waals surface area contributed by atoms with Gasteiger partial charge in [-0.25, -0.2) is 27.0 Å². The van der Waals surface area contributed by atoms with Gasteiger partial charge >= 0.3 is 6.18 Å². The molecule has 0 radical (unpaired) electrons. The average Bonchev–Trinajstić information content (AvgIpc) is 3.17. The van der Waals surface area contributed by atoms with Crippen LogP contribution in [0.3, 0.4) is 0 Å². The molecule has 3 heterocycles. The third kappa shape index (κ3) is 5.89. The third-order valence-electron chi connectivity index (χ3n) is 5.65. The van der Waals surface area contributed by atoms with Crippen LogP contribution >= 0.6 is 0 Å².